The molecule has 2 atom stereocenters. The van der Waals surface area contributed by atoms with Gasteiger partial charge < -0.3 is 10.1 Å². The summed E-state index contributed by atoms with van der Waals surface area (Å²) in [5.41, 5.74) is 0.0947. The van der Waals surface area contributed by atoms with Gasteiger partial charge >= 0.3 is 0 Å². The molecule has 1 aromatic carbocycles. The van der Waals surface area contributed by atoms with Crippen LogP contribution in [-0.4, -0.2) is 24.1 Å². The molecular formula is C16H14BrClN2O2. The van der Waals surface area contributed by atoms with Crippen LogP contribution in [0.25, 0.3) is 10.8 Å². The number of nitrogens with one attached hydrogen (secondary N) is 1. The summed E-state index contributed by atoms with van der Waals surface area (Å²) in [7, 11) is 0. The zero-order chi connectivity index (χ0) is 15.3. The van der Waals surface area contributed by atoms with Crippen molar-refractivity contribution in [3.63, 3.8) is 0 Å². The van der Waals surface area contributed by atoms with Crippen LogP contribution in [0.4, 0.5) is 5.82 Å². The minimum absolute atomic E-state index is 0.0466. The van der Waals surface area contributed by atoms with Crippen LogP contribution in [-0.2, 0) is 9.53 Å². The van der Waals surface area contributed by atoms with Crippen LogP contribution in [0.1, 0.15) is 12.8 Å². The van der Waals surface area contributed by atoms with Crippen molar-refractivity contribution in [2.45, 2.75) is 12.8 Å². The SMILES string of the molecule is O=C(Nc1cc2cc(Br)c(Cl)cc2cn1)C1CC12CCOC2. The quantitative estimate of drug-likeness (QED) is 0.855. The van der Waals surface area contributed by atoms with E-state index in [0.29, 0.717) is 17.4 Å². The summed E-state index contributed by atoms with van der Waals surface area (Å²) >= 11 is 9.49. The van der Waals surface area contributed by atoms with Gasteiger partial charge in [-0.2, -0.15) is 0 Å². The molecule has 1 spiro atoms. The van der Waals surface area contributed by atoms with Gasteiger partial charge in [-0.1, -0.05) is 11.6 Å². The molecular weight excluding hydrogens is 368 g/mol. The van der Waals surface area contributed by atoms with Crippen molar-refractivity contribution in [1.29, 1.82) is 0 Å². The summed E-state index contributed by atoms with van der Waals surface area (Å²) in [6.07, 6.45) is 3.64. The van der Waals surface area contributed by atoms with Gasteiger partial charge in [0.25, 0.3) is 0 Å². The molecule has 1 aromatic heterocycles. The van der Waals surface area contributed by atoms with Crippen LogP contribution in [0, 0.1) is 11.3 Å². The van der Waals surface area contributed by atoms with Gasteiger partial charge in [-0.05, 0) is 52.4 Å². The van der Waals surface area contributed by atoms with Gasteiger partial charge in [0, 0.05) is 34.0 Å². The maximum absolute atomic E-state index is 12.4. The predicted molar refractivity (Wildman–Crippen MR) is 89.1 cm³/mol. The Labute approximate surface area is 141 Å². The fourth-order valence-corrected chi connectivity index (χ4v) is 3.73. The van der Waals surface area contributed by atoms with Gasteiger partial charge in [0.2, 0.25) is 5.91 Å². The molecule has 1 amide bonds. The van der Waals surface area contributed by atoms with E-state index in [2.05, 4.69) is 26.2 Å². The van der Waals surface area contributed by atoms with E-state index in [1.54, 1.807) is 6.20 Å². The summed E-state index contributed by atoms with van der Waals surface area (Å²) in [5.74, 6) is 0.683. The molecule has 4 rings (SSSR count). The molecule has 2 unspecified atom stereocenters. The number of carbonyl (C=O) groups is 1. The Morgan fingerprint density at radius 2 is 2.27 bits per heavy atom. The number of halogens is 2. The first kappa shape index (κ1) is 14.4. The summed E-state index contributed by atoms with van der Waals surface area (Å²) < 4.78 is 6.25. The Bertz CT molecular complexity index is 774. The molecule has 2 aromatic rings. The van der Waals surface area contributed by atoms with E-state index >= 15 is 0 Å². The van der Waals surface area contributed by atoms with Gasteiger partial charge in [0.1, 0.15) is 5.82 Å². The van der Waals surface area contributed by atoms with Gasteiger partial charge in [-0.3, -0.25) is 4.79 Å². The van der Waals surface area contributed by atoms with Gasteiger partial charge in [0.15, 0.2) is 0 Å². The minimum Gasteiger partial charge on any atom is -0.381 e. The van der Waals surface area contributed by atoms with Crippen molar-refractivity contribution < 1.29 is 9.53 Å². The van der Waals surface area contributed by atoms with E-state index in [1.165, 1.54) is 0 Å². The van der Waals surface area contributed by atoms with Crippen LogP contribution in [0.3, 0.4) is 0 Å². The second-order valence-corrected chi connectivity index (χ2v) is 7.36. The molecule has 2 aliphatic rings. The molecule has 1 aliphatic carbocycles. The van der Waals surface area contributed by atoms with Crippen molar-refractivity contribution in [2.75, 3.05) is 18.5 Å². The van der Waals surface area contributed by atoms with Crippen LogP contribution >= 0.6 is 27.5 Å². The van der Waals surface area contributed by atoms with E-state index < -0.39 is 0 Å². The topological polar surface area (TPSA) is 51.2 Å². The lowest BCUT2D eigenvalue weighted by atomic mass is 10.0. The van der Waals surface area contributed by atoms with Gasteiger partial charge in [0.05, 0.1) is 11.6 Å². The van der Waals surface area contributed by atoms with E-state index in [-0.39, 0.29) is 17.2 Å². The molecule has 4 nitrogen and oxygen atoms in total. The molecule has 2 heterocycles. The summed E-state index contributed by atoms with van der Waals surface area (Å²) in [6, 6.07) is 5.65. The maximum atomic E-state index is 12.4. The second-order valence-electron chi connectivity index (χ2n) is 6.09. The number of nitrogens with zero attached hydrogens (tertiary/aromatic N) is 1. The zero-order valence-corrected chi connectivity index (χ0v) is 14.1. The minimum atomic E-state index is 0.0466. The number of carbonyl (C=O) groups excluding carboxylic acids is 1. The van der Waals surface area contributed by atoms with Gasteiger partial charge in [-0.15, -0.1) is 0 Å². The Hall–Kier alpha value is -1.17. The Balaban J connectivity index is 1.54. The van der Waals surface area contributed by atoms with Crippen molar-refractivity contribution in [1.82, 2.24) is 4.98 Å². The Morgan fingerprint density at radius 1 is 1.41 bits per heavy atom. The Morgan fingerprint density at radius 3 is 3.05 bits per heavy atom. The molecule has 0 radical (unpaired) electrons. The molecule has 6 heteroatoms. The molecule has 22 heavy (non-hydrogen) atoms. The lowest BCUT2D eigenvalue weighted by Gasteiger charge is -2.08. The fourth-order valence-electron chi connectivity index (χ4n) is 3.20. The molecule has 1 saturated heterocycles. The highest BCUT2D eigenvalue weighted by Gasteiger charge is 2.59. The van der Waals surface area contributed by atoms with Crippen molar-refractivity contribution >= 4 is 50.0 Å². The number of hydrogen-bond acceptors (Lipinski definition) is 3. The fraction of sp³-hybridized carbons (Fsp3) is 0.375. The number of fused-ring (bicyclic) bond motifs is 1. The number of benzene rings is 1. The van der Waals surface area contributed by atoms with Crippen molar-refractivity contribution in [3.05, 3.63) is 33.9 Å². The number of hydrogen-bond donors (Lipinski definition) is 1. The second kappa shape index (κ2) is 5.18. The lowest BCUT2D eigenvalue weighted by molar-refractivity contribution is -0.118. The third-order valence-electron chi connectivity index (χ3n) is 4.65. The third kappa shape index (κ3) is 2.41. The largest absolute Gasteiger partial charge is 0.381 e. The average molecular weight is 382 g/mol. The molecule has 2 fully saturated rings. The van der Waals surface area contributed by atoms with E-state index in [4.69, 9.17) is 16.3 Å². The first-order valence-corrected chi connectivity index (χ1v) is 8.38. The van der Waals surface area contributed by atoms with E-state index in [0.717, 1.165) is 34.7 Å². The number of rotatable bonds is 2. The number of aromatic nitrogens is 1. The molecule has 1 N–H and O–H groups in total. The summed E-state index contributed by atoms with van der Waals surface area (Å²) in [5, 5.41) is 5.50. The first-order chi connectivity index (χ1) is 10.6. The highest BCUT2D eigenvalue weighted by Crippen LogP contribution is 2.58. The predicted octanol–water partition coefficient (Wildman–Crippen LogP) is 4.02. The van der Waals surface area contributed by atoms with E-state index in [1.807, 2.05) is 18.2 Å². The van der Waals surface area contributed by atoms with Crippen molar-refractivity contribution in [3.8, 4) is 0 Å². The van der Waals surface area contributed by atoms with E-state index in [9.17, 15) is 4.79 Å². The van der Waals surface area contributed by atoms with Crippen LogP contribution in [0.2, 0.25) is 5.02 Å². The van der Waals surface area contributed by atoms with Crippen LogP contribution in [0.15, 0.2) is 28.9 Å². The number of anilines is 1. The highest BCUT2D eigenvalue weighted by atomic mass is 79.9. The van der Waals surface area contributed by atoms with Crippen LogP contribution in [0.5, 0.6) is 0 Å². The number of ether oxygens (including phenoxy) is 1. The zero-order valence-electron chi connectivity index (χ0n) is 11.7. The first-order valence-electron chi connectivity index (χ1n) is 7.21. The Kier molecular flexibility index (Phi) is 3.40. The lowest BCUT2D eigenvalue weighted by Crippen LogP contribution is -2.19. The number of amides is 1. The third-order valence-corrected chi connectivity index (χ3v) is 5.85. The molecule has 1 saturated carbocycles. The highest BCUT2D eigenvalue weighted by molar-refractivity contribution is 9.10. The molecule has 1 aliphatic heterocycles. The normalized spacial score (nSPS) is 26.5. The monoisotopic (exact) mass is 380 g/mol. The summed E-state index contributed by atoms with van der Waals surface area (Å²) in [4.78, 5) is 16.7. The van der Waals surface area contributed by atoms with Crippen LogP contribution < -0.4 is 5.32 Å². The maximum Gasteiger partial charge on any atom is 0.229 e. The van der Waals surface area contributed by atoms with Gasteiger partial charge in [-0.25, -0.2) is 4.98 Å². The number of pyridine rings is 1. The smallest absolute Gasteiger partial charge is 0.229 e. The summed E-state index contributed by atoms with van der Waals surface area (Å²) in [6.45, 7) is 1.48. The molecule has 114 valence electrons. The standard InChI is InChI=1S/C16H14BrClN2O2/c17-12-3-9-5-14(19-7-10(9)4-13(12)18)20-15(21)11-6-16(11)1-2-22-8-16/h3-5,7,11H,1-2,6,8H2,(H,19,20,21). The molecule has 0 bridgehead atoms. The average Bonchev–Trinajstić information content (AvgIpc) is 2.98. The van der Waals surface area contributed by atoms with Crippen molar-refractivity contribution in [2.24, 2.45) is 11.3 Å².